The summed E-state index contributed by atoms with van der Waals surface area (Å²) < 4.78 is 1.96. The molecule has 0 aliphatic rings. The van der Waals surface area contributed by atoms with Crippen LogP contribution in [0.25, 0.3) is 0 Å². The molecular weight excluding hydrogens is 184 g/mol. The molecule has 0 amide bonds. The summed E-state index contributed by atoms with van der Waals surface area (Å²) in [5.41, 5.74) is 0. The van der Waals surface area contributed by atoms with E-state index >= 15 is 0 Å². The minimum atomic E-state index is 0.249. The predicted molar refractivity (Wildman–Crippen MR) is 33.3 cm³/mol. The summed E-state index contributed by atoms with van der Waals surface area (Å²) in [7, 11) is 0. The van der Waals surface area contributed by atoms with E-state index in [1.807, 2.05) is 6.07 Å². The first kappa shape index (κ1) is 6.23. The lowest BCUT2D eigenvalue weighted by Gasteiger charge is -1.84. The fourth-order valence-corrected chi connectivity index (χ4v) is 0.716. The molecule has 0 unspecified atom stereocenters. The average molecular weight is 187 g/mol. The van der Waals surface area contributed by atoms with Crippen molar-refractivity contribution in [1.29, 1.82) is 5.26 Å². The lowest BCUT2D eigenvalue weighted by atomic mass is 10.7. The molecule has 1 heterocycles. The molecule has 46 valence electrons. The summed E-state index contributed by atoms with van der Waals surface area (Å²) in [5.74, 6) is 0. The number of hydrogen-bond donors (Lipinski definition) is 0. The van der Waals surface area contributed by atoms with E-state index < -0.39 is 0 Å². The first-order valence-corrected chi connectivity index (χ1v) is 3.04. The number of nitrogens with zero attached hydrogens (tertiary/aromatic N) is 4. The monoisotopic (exact) mass is 186 g/mol. The molecule has 0 aliphatic carbocycles. The minimum absolute atomic E-state index is 0.249. The Labute approximate surface area is 60.2 Å². The van der Waals surface area contributed by atoms with E-state index in [1.54, 1.807) is 0 Å². The van der Waals surface area contributed by atoms with Gasteiger partial charge in [0.1, 0.15) is 12.9 Å². The maximum absolute atomic E-state index is 8.18. The summed E-state index contributed by atoms with van der Waals surface area (Å²) in [6.45, 7) is 0.249. The molecule has 0 fully saturated rings. The Balaban J connectivity index is 2.76. The van der Waals surface area contributed by atoms with E-state index in [0.29, 0.717) is 4.73 Å². The van der Waals surface area contributed by atoms with Crippen LogP contribution in [0.4, 0.5) is 0 Å². The van der Waals surface area contributed by atoms with Gasteiger partial charge in [-0.25, -0.2) is 9.67 Å². The van der Waals surface area contributed by atoms with Gasteiger partial charge in [0.15, 0.2) is 0 Å². The normalized spacial score (nSPS) is 8.89. The van der Waals surface area contributed by atoms with Gasteiger partial charge in [-0.2, -0.15) is 5.26 Å². The average Bonchev–Trinajstić information content (AvgIpc) is 2.17. The summed E-state index contributed by atoms with van der Waals surface area (Å²) in [4.78, 5) is 3.75. The first-order valence-electron chi connectivity index (χ1n) is 2.25. The molecule has 1 rings (SSSR count). The van der Waals surface area contributed by atoms with Crippen LogP contribution in [-0.2, 0) is 6.54 Å². The highest BCUT2D eigenvalue weighted by molar-refractivity contribution is 9.10. The molecule has 0 saturated carbocycles. The van der Waals surface area contributed by atoms with E-state index in [-0.39, 0.29) is 6.54 Å². The zero-order valence-electron chi connectivity index (χ0n) is 4.45. The van der Waals surface area contributed by atoms with Gasteiger partial charge in [-0.3, -0.25) is 0 Å². The van der Waals surface area contributed by atoms with Gasteiger partial charge >= 0.3 is 0 Å². The standard InChI is InChI=1S/C4H3BrN4/c5-4-7-3-9(8-4)2-1-6/h3H,2H2. The van der Waals surface area contributed by atoms with Crippen LogP contribution < -0.4 is 0 Å². The molecule has 0 aromatic carbocycles. The topological polar surface area (TPSA) is 54.5 Å². The summed E-state index contributed by atoms with van der Waals surface area (Å²) >= 11 is 3.05. The summed E-state index contributed by atoms with van der Waals surface area (Å²) in [6.07, 6.45) is 1.49. The van der Waals surface area contributed by atoms with Crippen LogP contribution in [0.2, 0.25) is 0 Å². The fourth-order valence-electron chi connectivity index (χ4n) is 0.421. The number of rotatable bonds is 1. The maximum atomic E-state index is 8.18. The Hall–Kier alpha value is -0.890. The third-order valence-electron chi connectivity index (χ3n) is 0.741. The number of aromatic nitrogens is 3. The van der Waals surface area contributed by atoms with Gasteiger partial charge in [0, 0.05) is 0 Å². The van der Waals surface area contributed by atoms with Crippen LogP contribution in [0.15, 0.2) is 11.1 Å². The van der Waals surface area contributed by atoms with Crippen molar-refractivity contribution in [3.63, 3.8) is 0 Å². The minimum Gasteiger partial charge on any atom is -0.238 e. The van der Waals surface area contributed by atoms with Crippen LogP contribution in [-0.4, -0.2) is 14.8 Å². The van der Waals surface area contributed by atoms with Crippen LogP contribution in [0, 0.1) is 11.3 Å². The van der Waals surface area contributed by atoms with Crippen molar-refractivity contribution in [2.75, 3.05) is 0 Å². The summed E-state index contributed by atoms with van der Waals surface area (Å²) in [5, 5.41) is 12.0. The third kappa shape index (κ3) is 1.50. The quantitative estimate of drug-likeness (QED) is 0.645. The van der Waals surface area contributed by atoms with E-state index in [2.05, 4.69) is 26.0 Å². The van der Waals surface area contributed by atoms with Crippen LogP contribution >= 0.6 is 15.9 Å². The highest BCUT2D eigenvalue weighted by Gasteiger charge is 1.92. The number of hydrogen-bond acceptors (Lipinski definition) is 3. The maximum Gasteiger partial charge on any atom is 0.217 e. The van der Waals surface area contributed by atoms with Gasteiger partial charge in [0.05, 0.1) is 6.07 Å². The first-order chi connectivity index (χ1) is 4.33. The second kappa shape index (κ2) is 2.60. The van der Waals surface area contributed by atoms with Crippen molar-refractivity contribution < 1.29 is 0 Å². The third-order valence-corrected chi connectivity index (χ3v) is 1.10. The summed E-state index contributed by atoms with van der Waals surface area (Å²) in [6, 6.07) is 1.94. The molecule has 0 atom stereocenters. The lowest BCUT2D eigenvalue weighted by Crippen LogP contribution is -1.94. The SMILES string of the molecule is N#CCn1cnc(Br)n1. The molecule has 0 bridgehead atoms. The second-order valence-electron chi connectivity index (χ2n) is 1.37. The van der Waals surface area contributed by atoms with E-state index in [1.165, 1.54) is 11.0 Å². The van der Waals surface area contributed by atoms with Crippen molar-refractivity contribution in [1.82, 2.24) is 14.8 Å². The second-order valence-corrected chi connectivity index (χ2v) is 2.08. The van der Waals surface area contributed by atoms with Gasteiger partial charge in [-0.05, 0) is 15.9 Å². The van der Waals surface area contributed by atoms with Crippen molar-refractivity contribution in [3.8, 4) is 6.07 Å². The van der Waals surface area contributed by atoms with Gasteiger partial charge in [0.2, 0.25) is 4.73 Å². The Morgan fingerprint density at radius 3 is 3.11 bits per heavy atom. The van der Waals surface area contributed by atoms with Crippen LogP contribution in [0.5, 0.6) is 0 Å². The van der Waals surface area contributed by atoms with E-state index in [0.717, 1.165) is 0 Å². The molecule has 4 nitrogen and oxygen atoms in total. The van der Waals surface area contributed by atoms with Crippen molar-refractivity contribution >= 4 is 15.9 Å². The zero-order chi connectivity index (χ0) is 6.69. The Morgan fingerprint density at radius 1 is 1.89 bits per heavy atom. The van der Waals surface area contributed by atoms with Gasteiger partial charge in [-0.1, -0.05) is 0 Å². The number of nitriles is 1. The molecule has 5 heteroatoms. The van der Waals surface area contributed by atoms with E-state index in [9.17, 15) is 0 Å². The number of halogens is 1. The van der Waals surface area contributed by atoms with Gasteiger partial charge in [-0.15, -0.1) is 5.10 Å². The molecule has 0 aliphatic heterocycles. The zero-order valence-corrected chi connectivity index (χ0v) is 6.04. The van der Waals surface area contributed by atoms with Crippen molar-refractivity contribution in [2.24, 2.45) is 0 Å². The molecule has 0 radical (unpaired) electrons. The van der Waals surface area contributed by atoms with Crippen LogP contribution in [0.1, 0.15) is 0 Å². The fraction of sp³-hybridized carbons (Fsp3) is 0.250. The Kier molecular flexibility index (Phi) is 1.80. The smallest absolute Gasteiger partial charge is 0.217 e. The molecule has 0 spiro atoms. The lowest BCUT2D eigenvalue weighted by molar-refractivity contribution is 0.703. The Morgan fingerprint density at radius 2 is 2.67 bits per heavy atom. The largest absolute Gasteiger partial charge is 0.238 e. The molecular formula is C4H3BrN4. The highest BCUT2D eigenvalue weighted by atomic mass is 79.9. The Bertz CT molecular complexity index is 235. The molecule has 0 saturated heterocycles. The predicted octanol–water partition coefficient (Wildman–Crippen LogP) is 0.564. The molecule has 0 N–H and O–H groups in total. The van der Waals surface area contributed by atoms with Crippen molar-refractivity contribution in [2.45, 2.75) is 6.54 Å². The van der Waals surface area contributed by atoms with Crippen molar-refractivity contribution in [3.05, 3.63) is 11.1 Å². The molecule has 9 heavy (non-hydrogen) atoms. The molecule has 1 aromatic heterocycles. The van der Waals surface area contributed by atoms with Crippen LogP contribution in [0.3, 0.4) is 0 Å². The van der Waals surface area contributed by atoms with Gasteiger partial charge in [0.25, 0.3) is 0 Å². The molecule has 1 aromatic rings. The van der Waals surface area contributed by atoms with Gasteiger partial charge < -0.3 is 0 Å². The highest BCUT2D eigenvalue weighted by Crippen LogP contribution is 1.97. The van der Waals surface area contributed by atoms with E-state index in [4.69, 9.17) is 5.26 Å².